The summed E-state index contributed by atoms with van der Waals surface area (Å²) in [7, 11) is 0. The number of halogens is 1. The van der Waals surface area contributed by atoms with E-state index in [0.717, 1.165) is 29.6 Å². The number of alkyl halides is 1. The molecular formula is C11H19IO2. The summed E-state index contributed by atoms with van der Waals surface area (Å²) in [4.78, 5) is 11.7. The molecule has 0 bridgehead atoms. The Hall–Kier alpha value is 0.200. The molecule has 0 aromatic rings. The van der Waals surface area contributed by atoms with Crippen molar-refractivity contribution in [1.82, 2.24) is 0 Å². The van der Waals surface area contributed by atoms with Gasteiger partial charge in [0.1, 0.15) is 5.60 Å². The van der Waals surface area contributed by atoms with Gasteiger partial charge in [0, 0.05) is 3.92 Å². The first-order valence-corrected chi connectivity index (χ1v) is 6.50. The maximum Gasteiger partial charge on any atom is 0.309 e. The molecule has 1 aliphatic rings. The molecule has 0 heterocycles. The summed E-state index contributed by atoms with van der Waals surface area (Å²) < 4.78 is 6.13. The molecule has 0 aromatic carbocycles. The Balaban J connectivity index is 2.38. The van der Waals surface area contributed by atoms with E-state index in [9.17, 15) is 4.79 Å². The van der Waals surface area contributed by atoms with Crippen molar-refractivity contribution in [3.05, 3.63) is 0 Å². The Morgan fingerprint density at radius 1 is 1.21 bits per heavy atom. The van der Waals surface area contributed by atoms with Crippen LogP contribution in [-0.2, 0) is 9.53 Å². The topological polar surface area (TPSA) is 26.3 Å². The number of hydrogen-bond acceptors (Lipinski definition) is 2. The molecule has 82 valence electrons. The average molecular weight is 310 g/mol. The number of rotatable bonds is 1. The summed E-state index contributed by atoms with van der Waals surface area (Å²) in [5, 5.41) is 0. The highest BCUT2D eigenvalue weighted by atomic mass is 127. The van der Waals surface area contributed by atoms with Gasteiger partial charge in [-0.3, -0.25) is 4.79 Å². The lowest BCUT2D eigenvalue weighted by Gasteiger charge is -2.27. The van der Waals surface area contributed by atoms with E-state index in [2.05, 4.69) is 22.6 Å². The van der Waals surface area contributed by atoms with Crippen molar-refractivity contribution in [2.75, 3.05) is 0 Å². The molecule has 0 aliphatic heterocycles. The minimum absolute atomic E-state index is 0.000741. The number of carbonyl (C=O) groups is 1. The first kappa shape index (κ1) is 12.3. The molecular weight excluding hydrogens is 291 g/mol. The Labute approximate surface area is 99.9 Å². The van der Waals surface area contributed by atoms with Crippen LogP contribution >= 0.6 is 22.6 Å². The zero-order chi connectivity index (χ0) is 10.8. The molecule has 0 unspecified atom stereocenters. The number of carbonyl (C=O) groups excluding carboxylic acids is 1. The Morgan fingerprint density at radius 3 is 2.14 bits per heavy atom. The summed E-state index contributed by atoms with van der Waals surface area (Å²) in [6.45, 7) is 5.78. The van der Waals surface area contributed by atoms with Gasteiger partial charge in [-0.25, -0.2) is 0 Å². The normalized spacial score (nSPS) is 28.6. The van der Waals surface area contributed by atoms with Crippen LogP contribution in [0.4, 0.5) is 0 Å². The van der Waals surface area contributed by atoms with Crippen LogP contribution in [0.3, 0.4) is 0 Å². The van der Waals surface area contributed by atoms with Crippen LogP contribution in [0.1, 0.15) is 46.5 Å². The third-order valence-electron chi connectivity index (χ3n) is 2.40. The first-order chi connectivity index (χ1) is 6.38. The summed E-state index contributed by atoms with van der Waals surface area (Å²) in [6, 6.07) is 0. The van der Waals surface area contributed by atoms with Crippen molar-refractivity contribution >= 4 is 28.6 Å². The molecule has 2 nitrogen and oxygen atoms in total. The van der Waals surface area contributed by atoms with E-state index in [1.807, 2.05) is 20.8 Å². The maximum absolute atomic E-state index is 11.7. The summed E-state index contributed by atoms with van der Waals surface area (Å²) in [5.41, 5.74) is -0.335. The minimum Gasteiger partial charge on any atom is -0.460 e. The molecule has 1 rings (SSSR count). The maximum atomic E-state index is 11.7. The molecule has 1 fully saturated rings. The lowest BCUT2D eigenvalue weighted by Crippen LogP contribution is -2.31. The van der Waals surface area contributed by atoms with Gasteiger partial charge in [0.2, 0.25) is 0 Å². The van der Waals surface area contributed by atoms with Crippen molar-refractivity contribution in [3.63, 3.8) is 0 Å². The van der Waals surface area contributed by atoms with Gasteiger partial charge in [-0.05, 0) is 46.5 Å². The molecule has 1 aliphatic carbocycles. The zero-order valence-corrected chi connectivity index (χ0v) is 11.3. The highest BCUT2D eigenvalue weighted by Gasteiger charge is 2.28. The average Bonchev–Trinajstić information content (AvgIpc) is 2.02. The molecule has 14 heavy (non-hydrogen) atoms. The standard InChI is InChI=1S/C11H19IO2/c1-11(2,3)14-10(13)8-4-6-9(12)7-5-8/h8-9H,4-7H2,1-3H3. The smallest absolute Gasteiger partial charge is 0.309 e. The molecule has 0 saturated heterocycles. The minimum atomic E-state index is -0.335. The van der Waals surface area contributed by atoms with Crippen LogP contribution in [0.2, 0.25) is 0 Å². The fraction of sp³-hybridized carbons (Fsp3) is 0.909. The lowest BCUT2D eigenvalue weighted by atomic mass is 9.89. The van der Waals surface area contributed by atoms with Crippen molar-refractivity contribution < 1.29 is 9.53 Å². The van der Waals surface area contributed by atoms with Crippen LogP contribution in [0.15, 0.2) is 0 Å². The number of esters is 1. The first-order valence-electron chi connectivity index (χ1n) is 5.25. The summed E-state index contributed by atoms with van der Waals surface area (Å²) in [5.74, 6) is 0.154. The predicted octanol–water partition coefficient (Wildman–Crippen LogP) is 3.32. The van der Waals surface area contributed by atoms with Gasteiger partial charge in [0.05, 0.1) is 5.92 Å². The third-order valence-corrected chi connectivity index (χ3v) is 3.64. The fourth-order valence-corrected chi connectivity index (χ4v) is 2.39. The molecule has 1 saturated carbocycles. The van der Waals surface area contributed by atoms with Gasteiger partial charge in [-0.2, -0.15) is 0 Å². The Bertz CT molecular complexity index is 200. The fourth-order valence-electron chi connectivity index (χ4n) is 1.67. The van der Waals surface area contributed by atoms with Gasteiger partial charge in [-0.1, -0.05) is 22.6 Å². The number of ether oxygens (including phenoxy) is 1. The van der Waals surface area contributed by atoms with Crippen LogP contribution < -0.4 is 0 Å². The highest BCUT2D eigenvalue weighted by molar-refractivity contribution is 14.1. The number of hydrogen-bond donors (Lipinski definition) is 0. The molecule has 0 atom stereocenters. The van der Waals surface area contributed by atoms with Crippen LogP contribution in [-0.4, -0.2) is 15.5 Å². The van der Waals surface area contributed by atoms with Crippen molar-refractivity contribution in [3.8, 4) is 0 Å². The van der Waals surface area contributed by atoms with E-state index in [1.165, 1.54) is 0 Å². The van der Waals surface area contributed by atoms with E-state index in [4.69, 9.17) is 4.74 Å². The highest BCUT2D eigenvalue weighted by Crippen LogP contribution is 2.30. The summed E-state index contributed by atoms with van der Waals surface area (Å²) in [6.07, 6.45) is 4.32. The van der Waals surface area contributed by atoms with Crippen LogP contribution in [0, 0.1) is 5.92 Å². The van der Waals surface area contributed by atoms with Crippen molar-refractivity contribution in [2.24, 2.45) is 5.92 Å². The van der Waals surface area contributed by atoms with Crippen molar-refractivity contribution in [2.45, 2.75) is 56.0 Å². The monoisotopic (exact) mass is 310 g/mol. The molecule has 3 heteroatoms. The largest absolute Gasteiger partial charge is 0.460 e. The second-order valence-electron chi connectivity index (χ2n) is 4.98. The second-order valence-corrected chi connectivity index (χ2v) is 6.74. The third kappa shape index (κ3) is 4.15. The van der Waals surface area contributed by atoms with E-state index < -0.39 is 0 Å². The Kier molecular flexibility index (Phi) is 4.22. The van der Waals surface area contributed by atoms with E-state index in [-0.39, 0.29) is 17.5 Å². The lowest BCUT2D eigenvalue weighted by molar-refractivity contribution is -0.161. The molecule has 0 spiro atoms. The van der Waals surface area contributed by atoms with E-state index in [1.54, 1.807) is 0 Å². The quantitative estimate of drug-likeness (QED) is 0.422. The Morgan fingerprint density at radius 2 is 1.71 bits per heavy atom. The predicted molar refractivity (Wildman–Crippen MR) is 65.6 cm³/mol. The molecule has 0 amide bonds. The second kappa shape index (κ2) is 4.81. The molecule has 0 N–H and O–H groups in total. The van der Waals surface area contributed by atoms with Gasteiger partial charge < -0.3 is 4.74 Å². The van der Waals surface area contributed by atoms with Gasteiger partial charge >= 0.3 is 5.97 Å². The molecule has 0 aromatic heterocycles. The summed E-state index contributed by atoms with van der Waals surface area (Å²) >= 11 is 2.47. The molecule has 0 radical (unpaired) electrons. The SMILES string of the molecule is CC(C)(C)OC(=O)C1CCC(I)CC1. The van der Waals surface area contributed by atoms with E-state index >= 15 is 0 Å². The van der Waals surface area contributed by atoms with Gasteiger partial charge in [0.25, 0.3) is 0 Å². The van der Waals surface area contributed by atoms with Gasteiger partial charge in [-0.15, -0.1) is 0 Å². The zero-order valence-electron chi connectivity index (χ0n) is 9.18. The van der Waals surface area contributed by atoms with Crippen molar-refractivity contribution in [1.29, 1.82) is 0 Å². The van der Waals surface area contributed by atoms with Gasteiger partial charge in [0.15, 0.2) is 0 Å². The van der Waals surface area contributed by atoms with Crippen LogP contribution in [0.25, 0.3) is 0 Å². The van der Waals surface area contributed by atoms with E-state index in [0.29, 0.717) is 0 Å². The van der Waals surface area contributed by atoms with Crippen LogP contribution in [0.5, 0.6) is 0 Å².